The maximum atomic E-state index is 12.8. The van der Waals surface area contributed by atoms with Crippen molar-refractivity contribution in [3.63, 3.8) is 0 Å². The third kappa shape index (κ3) is 3.85. The van der Waals surface area contributed by atoms with Gasteiger partial charge in [0.05, 0.1) is 28.0 Å². The van der Waals surface area contributed by atoms with Gasteiger partial charge in [-0.1, -0.05) is 29.0 Å². The normalized spacial score (nSPS) is 11.0. The molecule has 3 heterocycles. The Hall–Kier alpha value is -2.35. The smallest absolute Gasteiger partial charge is 0.234 e. The fraction of sp³-hybridized carbons (Fsp3) is 0.158. The number of benzene rings is 1. The van der Waals surface area contributed by atoms with Gasteiger partial charge < -0.3 is 0 Å². The molecule has 0 spiro atoms. The van der Waals surface area contributed by atoms with E-state index in [0.29, 0.717) is 16.7 Å². The van der Waals surface area contributed by atoms with Gasteiger partial charge in [-0.15, -0.1) is 11.3 Å². The van der Waals surface area contributed by atoms with E-state index < -0.39 is 0 Å². The van der Waals surface area contributed by atoms with Crippen molar-refractivity contribution in [1.29, 1.82) is 0 Å². The number of pyridine rings is 1. The van der Waals surface area contributed by atoms with E-state index in [1.165, 1.54) is 22.7 Å². The highest BCUT2D eigenvalue weighted by atomic mass is 35.5. The van der Waals surface area contributed by atoms with E-state index in [1.54, 1.807) is 11.1 Å². The SMILES string of the molecule is CCN(C(=O)Cc1csc(-c2ccccn2)n1)c1nc2cc(Cl)ccc2s1. The summed E-state index contributed by atoms with van der Waals surface area (Å²) in [5.74, 6) is -0.0273. The summed E-state index contributed by atoms with van der Waals surface area (Å²) >= 11 is 9.02. The van der Waals surface area contributed by atoms with E-state index in [1.807, 2.05) is 48.7 Å². The molecule has 0 N–H and O–H groups in total. The van der Waals surface area contributed by atoms with E-state index in [0.717, 1.165) is 26.6 Å². The highest BCUT2D eigenvalue weighted by Crippen LogP contribution is 2.31. The van der Waals surface area contributed by atoms with Crippen molar-refractivity contribution in [3.8, 4) is 10.7 Å². The van der Waals surface area contributed by atoms with Crippen LogP contribution in [0.2, 0.25) is 5.02 Å². The molecule has 1 aromatic carbocycles. The molecule has 4 aromatic rings. The minimum absolute atomic E-state index is 0.0273. The van der Waals surface area contributed by atoms with Crippen LogP contribution in [0.4, 0.5) is 5.13 Å². The molecule has 0 radical (unpaired) electrons. The van der Waals surface area contributed by atoms with Gasteiger partial charge in [0.25, 0.3) is 0 Å². The number of thiazole rings is 2. The summed E-state index contributed by atoms with van der Waals surface area (Å²) in [4.78, 5) is 28.0. The summed E-state index contributed by atoms with van der Waals surface area (Å²) in [5.41, 5.74) is 2.37. The van der Waals surface area contributed by atoms with Crippen LogP contribution in [0.3, 0.4) is 0 Å². The number of nitrogens with zero attached hydrogens (tertiary/aromatic N) is 4. The van der Waals surface area contributed by atoms with E-state index in [4.69, 9.17) is 11.6 Å². The second-order valence-electron chi connectivity index (χ2n) is 5.78. The predicted molar refractivity (Wildman–Crippen MR) is 112 cm³/mol. The first-order valence-electron chi connectivity index (χ1n) is 8.36. The van der Waals surface area contributed by atoms with Gasteiger partial charge in [-0.2, -0.15) is 0 Å². The van der Waals surface area contributed by atoms with E-state index in [9.17, 15) is 4.79 Å². The number of carbonyl (C=O) groups is 1. The fourth-order valence-corrected chi connectivity index (χ4v) is 4.66. The molecule has 3 aromatic heterocycles. The molecule has 8 heteroatoms. The molecule has 1 amide bonds. The number of fused-ring (bicyclic) bond motifs is 1. The number of anilines is 1. The number of carbonyl (C=O) groups excluding carboxylic acids is 1. The van der Waals surface area contributed by atoms with Crippen LogP contribution in [-0.4, -0.2) is 27.4 Å². The zero-order valence-electron chi connectivity index (χ0n) is 14.4. The summed E-state index contributed by atoms with van der Waals surface area (Å²) < 4.78 is 1.01. The number of aromatic nitrogens is 3. The van der Waals surface area contributed by atoms with Crippen molar-refractivity contribution in [2.75, 3.05) is 11.4 Å². The van der Waals surface area contributed by atoms with Gasteiger partial charge in [0.1, 0.15) is 5.01 Å². The topological polar surface area (TPSA) is 59.0 Å². The zero-order chi connectivity index (χ0) is 18.8. The van der Waals surface area contributed by atoms with Crippen LogP contribution in [0, 0.1) is 0 Å². The molecule has 0 aliphatic carbocycles. The molecule has 0 aliphatic heterocycles. The summed E-state index contributed by atoms with van der Waals surface area (Å²) in [6.45, 7) is 2.49. The molecule has 0 bridgehead atoms. The van der Waals surface area contributed by atoms with Crippen LogP contribution in [-0.2, 0) is 11.2 Å². The number of halogens is 1. The lowest BCUT2D eigenvalue weighted by Gasteiger charge is -2.16. The Balaban J connectivity index is 1.54. The van der Waals surface area contributed by atoms with Crippen molar-refractivity contribution >= 4 is 55.5 Å². The Morgan fingerprint density at radius 3 is 2.89 bits per heavy atom. The predicted octanol–water partition coefficient (Wildman–Crippen LogP) is 5.06. The van der Waals surface area contributed by atoms with E-state index >= 15 is 0 Å². The molecular formula is C19H15ClN4OS2. The fourth-order valence-electron chi connectivity index (χ4n) is 2.67. The van der Waals surface area contributed by atoms with Crippen LogP contribution in [0.25, 0.3) is 20.9 Å². The van der Waals surface area contributed by atoms with Crippen molar-refractivity contribution in [2.45, 2.75) is 13.3 Å². The standard InChI is InChI=1S/C19H15ClN4OS2/c1-2-24(19-23-15-9-12(20)6-7-16(15)27-19)17(25)10-13-11-26-18(22-13)14-5-3-4-8-21-14/h3-9,11H,2,10H2,1H3. The third-order valence-electron chi connectivity index (χ3n) is 3.95. The highest BCUT2D eigenvalue weighted by Gasteiger charge is 2.20. The lowest BCUT2D eigenvalue weighted by Crippen LogP contribution is -2.31. The van der Waals surface area contributed by atoms with Gasteiger partial charge in [0.15, 0.2) is 5.13 Å². The first-order chi connectivity index (χ1) is 13.1. The van der Waals surface area contributed by atoms with Crippen LogP contribution < -0.4 is 4.90 Å². The number of rotatable bonds is 5. The second-order valence-corrected chi connectivity index (χ2v) is 8.09. The van der Waals surface area contributed by atoms with Crippen molar-refractivity contribution in [3.05, 3.63) is 58.7 Å². The third-order valence-corrected chi connectivity index (χ3v) is 6.16. The molecule has 4 rings (SSSR count). The van der Waals surface area contributed by atoms with Crippen LogP contribution >= 0.6 is 34.3 Å². The second kappa shape index (κ2) is 7.72. The number of hydrogen-bond acceptors (Lipinski definition) is 6. The average Bonchev–Trinajstić information content (AvgIpc) is 3.29. The Labute approximate surface area is 169 Å². The quantitative estimate of drug-likeness (QED) is 0.457. The van der Waals surface area contributed by atoms with Crippen molar-refractivity contribution in [2.24, 2.45) is 0 Å². The molecular weight excluding hydrogens is 400 g/mol. The Kier molecular flexibility index (Phi) is 5.15. The molecule has 27 heavy (non-hydrogen) atoms. The van der Waals surface area contributed by atoms with Crippen LogP contribution in [0.5, 0.6) is 0 Å². The Morgan fingerprint density at radius 2 is 2.11 bits per heavy atom. The number of amides is 1. The Morgan fingerprint density at radius 1 is 1.22 bits per heavy atom. The van der Waals surface area contributed by atoms with Gasteiger partial charge in [-0.05, 0) is 37.3 Å². The van der Waals surface area contributed by atoms with Gasteiger partial charge in [0.2, 0.25) is 5.91 Å². The van der Waals surface area contributed by atoms with Gasteiger partial charge in [-0.25, -0.2) is 9.97 Å². The Bertz CT molecular complexity index is 1090. The van der Waals surface area contributed by atoms with Gasteiger partial charge >= 0.3 is 0 Å². The maximum absolute atomic E-state index is 12.8. The minimum atomic E-state index is -0.0273. The largest absolute Gasteiger partial charge is 0.288 e. The minimum Gasteiger partial charge on any atom is -0.288 e. The van der Waals surface area contributed by atoms with Crippen molar-refractivity contribution in [1.82, 2.24) is 15.0 Å². The highest BCUT2D eigenvalue weighted by molar-refractivity contribution is 7.22. The summed E-state index contributed by atoms with van der Waals surface area (Å²) in [6.07, 6.45) is 1.97. The van der Waals surface area contributed by atoms with Crippen LogP contribution in [0.1, 0.15) is 12.6 Å². The van der Waals surface area contributed by atoms with Gasteiger partial charge in [0, 0.05) is 23.1 Å². The first-order valence-corrected chi connectivity index (χ1v) is 10.4. The monoisotopic (exact) mass is 414 g/mol. The molecule has 0 saturated heterocycles. The number of likely N-dealkylation sites (N-methyl/N-ethyl adjacent to an activating group) is 1. The number of hydrogen-bond donors (Lipinski definition) is 0. The summed E-state index contributed by atoms with van der Waals surface area (Å²) in [6, 6.07) is 11.3. The lowest BCUT2D eigenvalue weighted by molar-refractivity contribution is -0.118. The maximum Gasteiger partial charge on any atom is 0.234 e. The lowest BCUT2D eigenvalue weighted by atomic mass is 10.3. The average molecular weight is 415 g/mol. The van der Waals surface area contributed by atoms with Crippen LogP contribution in [0.15, 0.2) is 48.0 Å². The van der Waals surface area contributed by atoms with E-state index in [2.05, 4.69) is 15.0 Å². The molecule has 5 nitrogen and oxygen atoms in total. The molecule has 136 valence electrons. The molecule has 0 aliphatic rings. The van der Waals surface area contributed by atoms with E-state index in [-0.39, 0.29) is 12.3 Å². The molecule has 0 saturated carbocycles. The molecule has 0 unspecified atom stereocenters. The summed E-state index contributed by atoms with van der Waals surface area (Å²) in [5, 5.41) is 4.04. The molecule has 0 atom stereocenters. The summed E-state index contributed by atoms with van der Waals surface area (Å²) in [7, 11) is 0. The first kappa shape index (κ1) is 18.0. The van der Waals surface area contributed by atoms with Crippen molar-refractivity contribution < 1.29 is 4.79 Å². The van der Waals surface area contributed by atoms with Gasteiger partial charge in [-0.3, -0.25) is 14.7 Å². The zero-order valence-corrected chi connectivity index (χ0v) is 16.8. The molecule has 0 fully saturated rings.